The van der Waals surface area contributed by atoms with Gasteiger partial charge in [0.05, 0.1) is 6.04 Å². The smallest absolute Gasteiger partial charge is 0.0604 e. The highest BCUT2D eigenvalue weighted by Gasteiger charge is 2.22. The van der Waals surface area contributed by atoms with Crippen LogP contribution in [0.5, 0.6) is 0 Å². The maximum atomic E-state index is 9.40. The van der Waals surface area contributed by atoms with E-state index in [4.69, 9.17) is 11.6 Å². The van der Waals surface area contributed by atoms with Crippen molar-refractivity contribution in [2.24, 2.45) is 0 Å². The Bertz CT molecular complexity index is 774. The third kappa shape index (κ3) is 4.95. The Hall–Kier alpha value is -2.13. The molecule has 3 aromatic carbocycles. The van der Waals surface area contributed by atoms with Crippen LogP contribution in [0.4, 0.5) is 0 Å². The number of aliphatic hydroxyl groups is 1. The van der Waals surface area contributed by atoms with Gasteiger partial charge in [-0.05, 0) is 35.2 Å². The van der Waals surface area contributed by atoms with Crippen LogP contribution in [0.15, 0.2) is 84.9 Å². The molecule has 0 saturated carbocycles. The zero-order chi connectivity index (χ0) is 18.2. The van der Waals surface area contributed by atoms with E-state index in [1.807, 2.05) is 24.3 Å². The summed E-state index contributed by atoms with van der Waals surface area (Å²) in [5.41, 5.74) is 3.71. The van der Waals surface area contributed by atoms with Crippen molar-refractivity contribution in [1.82, 2.24) is 4.90 Å². The highest BCUT2D eigenvalue weighted by atomic mass is 35.5. The molecule has 0 aliphatic rings. The number of aliphatic hydroxyl groups excluding tert-OH is 1. The molecule has 0 saturated heterocycles. The van der Waals surface area contributed by atoms with E-state index < -0.39 is 0 Å². The van der Waals surface area contributed by atoms with Gasteiger partial charge in [-0.2, -0.15) is 0 Å². The van der Waals surface area contributed by atoms with Crippen molar-refractivity contribution in [3.63, 3.8) is 0 Å². The Labute approximate surface area is 160 Å². The lowest BCUT2D eigenvalue weighted by Gasteiger charge is -2.33. The second-order valence-electron chi connectivity index (χ2n) is 6.40. The van der Waals surface area contributed by atoms with Gasteiger partial charge in [0.15, 0.2) is 0 Å². The van der Waals surface area contributed by atoms with Crippen LogP contribution in [0, 0.1) is 0 Å². The summed E-state index contributed by atoms with van der Waals surface area (Å²) in [5.74, 6) is 0. The van der Waals surface area contributed by atoms with Gasteiger partial charge in [0.1, 0.15) is 0 Å². The first-order chi connectivity index (χ1) is 12.8. The van der Waals surface area contributed by atoms with Gasteiger partial charge >= 0.3 is 0 Å². The molecule has 0 bridgehead atoms. The average Bonchev–Trinajstić information content (AvgIpc) is 2.69. The molecule has 26 heavy (non-hydrogen) atoms. The van der Waals surface area contributed by atoms with Gasteiger partial charge in [0.25, 0.3) is 0 Å². The predicted octanol–water partition coefficient (Wildman–Crippen LogP) is 5.31. The molecule has 0 spiro atoms. The minimum atomic E-state index is 0.111. The summed E-state index contributed by atoms with van der Waals surface area (Å²) in [4.78, 5) is 2.42. The number of rotatable bonds is 8. The fraction of sp³-hybridized carbons (Fsp3) is 0.217. The molecule has 0 amide bonds. The van der Waals surface area contributed by atoms with E-state index in [0.717, 1.165) is 24.5 Å². The fourth-order valence-corrected chi connectivity index (χ4v) is 3.41. The van der Waals surface area contributed by atoms with Crippen molar-refractivity contribution in [3.05, 3.63) is 107 Å². The van der Waals surface area contributed by atoms with Gasteiger partial charge in [0.2, 0.25) is 0 Å². The van der Waals surface area contributed by atoms with Crippen LogP contribution in [-0.4, -0.2) is 23.2 Å². The Morgan fingerprint density at radius 1 is 0.769 bits per heavy atom. The molecule has 2 nitrogen and oxygen atoms in total. The zero-order valence-electron chi connectivity index (χ0n) is 14.8. The molecule has 0 fully saturated rings. The van der Waals surface area contributed by atoms with Crippen molar-refractivity contribution in [3.8, 4) is 0 Å². The highest BCUT2D eigenvalue weighted by molar-refractivity contribution is 6.30. The minimum absolute atomic E-state index is 0.111. The third-order valence-corrected chi connectivity index (χ3v) is 4.75. The molecule has 1 N–H and O–H groups in total. The first-order valence-corrected chi connectivity index (χ1v) is 9.35. The van der Waals surface area contributed by atoms with Crippen LogP contribution in [0.25, 0.3) is 0 Å². The molecule has 0 aliphatic heterocycles. The number of hydrogen-bond acceptors (Lipinski definition) is 2. The molecule has 0 heterocycles. The zero-order valence-corrected chi connectivity index (χ0v) is 15.5. The summed E-state index contributed by atoms with van der Waals surface area (Å²) in [5, 5.41) is 10.1. The maximum Gasteiger partial charge on any atom is 0.0604 e. The van der Waals surface area contributed by atoms with Crippen molar-refractivity contribution in [2.75, 3.05) is 13.2 Å². The topological polar surface area (TPSA) is 23.5 Å². The van der Waals surface area contributed by atoms with E-state index in [1.54, 1.807) is 0 Å². The maximum absolute atomic E-state index is 9.40. The van der Waals surface area contributed by atoms with Gasteiger partial charge < -0.3 is 5.11 Å². The SMILES string of the molecule is OCCCN(Cc1ccccc1)C(c1ccccc1)c1ccc(Cl)cc1. The summed E-state index contributed by atoms with van der Waals surface area (Å²) in [7, 11) is 0. The molecule has 134 valence electrons. The standard InChI is InChI=1S/C23H24ClNO/c24-22-14-12-21(13-15-22)23(20-10-5-2-6-11-20)25(16-7-17-26)18-19-8-3-1-4-9-19/h1-6,8-15,23,26H,7,16-18H2. The molecule has 0 aliphatic carbocycles. The minimum Gasteiger partial charge on any atom is -0.396 e. The number of halogens is 1. The summed E-state index contributed by atoms with van der Waals surface area (Å²) in [6.07, 6.45) is 0.740. The van der Waals surface area contributed by atoms with Crippen LogP contribution in [0.3, 0.4) is 0 Å². The van der Waals surface area contributed by atoms with E-state index in [0.29, 0.717) is 0 Å². The largest absolute Gasteiger partial charge is 0.396 e. The van der Waals surface area contributed by atoms with E-state index in [9.17, 15) is 5.11 Å². The van der Waals surface area contributed by atoms with Crippen molar-refractivity contribution in [2.45, 2.75) is 19.0 Å². The second kappa shape index (κ2) is 9.54. The molecule has 1 unspecified atom stereocenters. The number of hydrogen-bond donors (Lipinski definition) is 1. The van der Waals surface area contributed by atoms with E-state index in [1.165, 1.54) is 16.7 Å². The fourth-order valence-electron chi connectivity index (χ4n) is 3.29. The quantitative estimate of drug-likeness (QED) is 0.584. The van der Waals surface area contributed by atoms with Crippen molar-refractivity contribution >= 4 is 11.6 Å². The van der Waals surface area contributed by atoms with Crippen LogP contribution < -0.4 is 0 Å². The van der Waals surface area contributed by atoms with Gasteiger partial charge in [-0.15, -0.1) is 0 Å². The lowest BCUT2D eigenvalue weighted by molar-refractivity contribution is 0.187. The van der Waals surface area contributed by atoms with Gasteiger partial charge in [0, 0.05) is 24.7 Å². The predicted molar refractivity (Wildman–Crippen MR) is 108 cm³/mol. The molecule has 0 radical (unpaired) electrons. The Morgan fingerprint density at radius 2 is 1.35 bits per heavy atom. The molecule has 0 aromatic heterocycles. The lowest BCUT2D eigenvalue weighted by atomic mass is 9.96. The normalized spacial score (nSPS) is 12.3. The van der Waals surface area contributed by atoms with E-state index in [2.05, 4.69) is 65.6 Å². The van der Waals surface area contributed by atoms with Gasteiger partial charge in [-0.25, -0.2) is 0 Å². The van der Waals surface area contributed by atoms with Gasteiger partial charge in [-0.1, -0.05) is 84.4 Å². The Morgan fingerprint density at radius 3 is 1.96 bits per heavy atom. The average molecular weight is 366 g/mol. The van der Waals surface area contributed by atoms with Gasteiger partial charge in [-0.3, -0.25) is 4.90 Å². The molecular weight excluding hydrogens is 342 g/mol. The van der Waals surface area contributed by atoms with Crippen molar-refractivity contribution < 1.29 is 5.11 Å². The van der Waals surface area contributed by atoms with Crippen LogP contribution in [0.2, 0.25) is 5.02 Å². The first kappa shape index (κ1) is 18.7. The van der Waals surface area contributed by atoms with Crippen LogP contribution >= 0.6 is 11.6 Å². The second-order valence-corrected chi connectivity index (χ2v) is 6.83. The highest BCUT2D eigenvalue weighted by Crippen LogP contribution is 2.31. The molecule has 3 aromatic rings. The summed E-state index contributed by atoms with van der Waals surface area (Å²) in [6.45, 7) is 1.82. The molecule has 3 rings (SSSR count). The lowest BCUT2D eigenvalue weighted by Crippen LogP contribution is -2.30. The van der Waals surface area contributed by atoms with Crippen molar-refractivity contribution in [1.29, 1.82) is 0 Å². The Balaban J connectivity index is 1.98. The summed E-state index contributed by atoms with van der Waals surface area (Å²) in [6, 6.07) is 29.2. The third-order valence-electron chi connectivity index (χ3n) is 4.50. The number of benzene rings is 3. The van der Waals surface area contributed by atoms with E-state index >= 15 is 0 Å². The van der Waals surface area contributed by atoms with Crippen LogP contribution in [0.1, 0.15) is 29.2 Å². The Kier molecular flexibility index (Phi) is 6.84. The molecule has 1 atom stereocenters. The number of nitrogens with zero attached hydrogens (tertiary/aromatic N) is 1. The van der Waals surface area contributed by atoms with Crippen LogP contribution in [-0.2, 0) is 6.54 Å². The molecular formula is C23H24ClNO. The summed E-state index contributed by atoms with van der Waals surface area (Å²) < 4.78 is 0. The monoisotopic (exact) mass is 365 g/mol. The first-order valence-electron chi connectivity index (χ1n) is 8.97. The van der Waals surface area contributed by atoms with E-state index in [-0.39, 0.29) is 12.6 Å². The summed E-state index contributed by atoms with van der Waals surface area (Å²) >= 11 is 6.11. The molecule has 3 heteroatoms.